The maximum Gasteiger partial charge on any atom is 0.221 e. The number of methoxy groups -OCH3 is 2. The second-order valence-corrected chi connectivity index (χ2v) is 10.4. The molecule has 0 aliphatic rings. The van der Waals surface area contributed by atoms with E-state index < -0.39 is 12.9 Å². The molecular formula is C24H33O4P. The van der Waals surface area contributed by atoms with E-state index in [1.165, 1.54) is 0 Å². The summed E-state index contributed by atoms with van der Waals surface area (Å²) in [5, 5.41) is 0. The zero-order chi connectivity index (χ0) is 21.2. The van der Waals surface area contributed by atoms with Gasteiger partial charge in [0.2, 0.25) is 5.52 Å². The molecule has 0 saturated carbocycles. The van der Waals surface area contributed by atoms with Gasteiger partial charge in [-0.1, -0.05) is 74.0 Å². The van der Waals surface area contributed by atoms with Gasteiger partial charge in [-0.2, -0.15) is 0 Å². The van der Waals surface area contributed by atoms with Crippen molar-refractivity contribution < 1.29 is 18.8 Å². The lowest BCUT2D eigenvalue weighted by atomic mass is 10.0. The van der Waals surface area contributed by atoms with Crippen LogP contribution in [0.4, 0.5) is 0 Å². The molecule has 29 heavy (non-hydrogen) atoms. The van der Waals surface area contributed by atoms with Gasteiger partial charge < -0.3 is 14.0 Å². The molecule has 2 aromatic rings. The number of carbonyl (C=O) groups excluding carboxylic acids is 1. The lowest BCUT2D eigenvalue weighted by Gasteiger charge is -2.31. The number of hydrogen-bond acceptors (Lipinski definition) is 4. The van der Waals surface area contributed by atoms with Gasteiger partial charge in [0.1, 0.15) is 0 Å². The Morgan fingerprint density at radius 3 is 2.00 bits per heavy atom. The molecule has 0 fully saturated rings. The lowest BCUT2D eigenvalue weighted by Crippen LogP contribution is -2.34. The van der Waals surface area contributed by atoms with Crippen molar-refractivity contribution in [1.29, 1.82) is 0 Å². The normalized spacial score (nSPS) is 13.8. The number of ether oxygens (including phenoxy) is 2. The van der Waals surface area contributed by atoms with Crippen LogP contribution in [-0.4, -0.2) is 31.7 Å². The number of benzene rings is 2. The van der Waals surface area contributed by atoms with E-state index >= 15 is 0 Å². The van der Waals surface area contributed by atoms with Crippen molar-refractivity contribution in [3.63, 3.8) is 0 Å². The van der Waals surface area contributed by atoms with Gasteiger partial charge in [0, 0.05) is 44.9 Å². The zero-order valence-electron chi connectivity index (χ0n) is 17.8. The van der Waals surface area contributed by atoms with Crippen molar-refractivity contribution in [2.75, 3.05) is 20.4 Å². The highest BCUT2D eigenvalue weighted by Gasteiger charge is 2.35. The molecule has 4 nitrogen and oxygen atoms in total. The lowest BCUT2D eigenvalue weighted by molar-refractivity contribution is -0.215. The van der Waals surface area contributed by atoms with Crippen LogP contribution in [0.25, 0.3) is 0 Å². The molecule has 1 atom stereocenters. The van der Waals surface area contributed by atoms with Crippen molar-refractivity contribution in [3.05, 3.63) is 71.8 Å². The van der Waals surface area contributed by atoms with E-state index in [9.17, 15) is 9.36 Å². The van der Waals surface area contributed by atoms with Crippen LogP contribution >= 0.6 is 7.14 Å². The molecule has 2 rings (SSSR count). The molecule has 0 spiro atoms. The van der Waals surface area contributed by atoms with Crippen molar-refractivity contribution in [2.45, 2.75) is 51.0 Å². The third-order valence-electron chi connectivity index (χ3n) is 5.40. The van der Waals surface area contributed by atoms with Crippen molar-refractivity contribution in [1.82, 2.24) is 0 Å². The Morgan fingerprint density at radius 2 is 1.45 bits per heavy atom. The van der Waals surface area contributed by atoms with Crippen LogP contribution < -0.4 is 0 Å². The first-order chi connectivity index (χ1) is 14.0. The first kappa shape index (κ1) is 23.5. The summed E-state index contributed by atoms with van der Waals surface area (Å²) < 4.78 is 25.3. The van der Waals surface area contributed by atoms with Crippen LogP contribution in [0.1, 0.15) is 54.9 Å². The first-order valence-corrected chi connectivity index (χ1v) is 12.4. The zero-order valence-corrected chi connectivity index (χ0v) is 18.7. The van der Waals surface area contributed by atoms with Gasteiger partial charge in [-0.05, 0) is 18.4 Å². The second-order valence-electron chi connectivity index (χ2n) is 7.45. The summed E-state index contributed by atoms with van der Waals surface area (Å²) >= 11 is 0. The standard InChI is InChI=1S/C24H33O4P/c1-4-5-17-24(27-2,28-3)18-12-19-29(26,20-21-13-8-6-9-14-21)23(25)22-15-10-7-11-16-22/h6-11,13-16H,4-5,12,17-20H2,1-3H3. The van der Waals surface area contributed by atoms with E-state index in [2.05, 4.69) is 6.92 Å². The molecule has 0 saturated heterocycles. The highest BCUT2D eigenvalue weighted by Crippen LogP contribution is 2.53. The highest BCUT2D eigenvalue weighted by atomic mass is 31.2. The van der Waals surface area contributed by atoms with Gasteiger partial charge in [-0.15, -0.1) is 0 Å². The van der Waals surface area contributed by atoms with Crippen LogP contribution in [0, 0.1) is 0 Å². The maximum atomic E-state index is 13.9. The number of unbranched alkanes of at least 4 members (excludes halogenated alkanes) is 1. The SMILES string of the molecule is CCCCC(CCCP(=O)(Cc1ccccc1)C(=O)c1ccccc1)(OC)OC. The Kier molecular flexibility index (Phi) is 9.29. The van der Waals surface area contributed by atoms with Gasteiger partial charge in [0.05, 0.1) is 0 Å². The Bertz CT molecular complexity index is 785. The minimum Gasteiger partial charge on any atom is -0.353 e. The first-order valence-electron chi connectivity index (χ1n) is 10.3. The molecule has 0 heterocycles. The monoisotopic (exact) mass is 416 g/mol. The fourth-order valence-corrected chi connectivity index (χ4v) is 6.21. The molecule has 1 unspecified atom stereocenters. The molecule has 0 aliphatic heterocycles. The Hall–Kier alpha value is -1.74. The van der Waals surface area contributed by atoms with E-state index in [0.717, 1.165) is 24.8 Å². The Balaban J connectivity index is 2.19. The number of carbonyl (C=O) groups is 1. The summed E-state index contributed by atoms with van der Waals surface area (Å²) in [4.78, 5) is 13.2. The Morgan fingerprint density at radius 1 is 0.897 bits per heavy atom. The highest BCUT2D eigenvalue weighted by molar-refractivity contribution is 7.80. The molecule has 0 amide bonds. The molecule has 0 aromatic heterocycles. The predicted molar refractivity (Wildman–Crippen MR) is 119 cm³/mol. The summed E-state index contributed by atoms with van der Waals surface area (Å²) in [7, 11) is 0.164. The molecular weight excluding hydrogens is 383 g/mol. The summed E-state index contributed by atoms with van der Waals surface area (Å²) in [5.41, 5.74) is 1.20. The van der Waals surface area contributed by atoms with E-state index in [0.29, 0.717) is 24.6 Å². The van der Waals surface area contributed by atoms with Crippen LogP contribution in [0.2, 0.25) is 0 Å². The average Bonchev–Trinajstić information content (AvgIpc) is 2.77. The Labute approximate surface area is 175 Å². The van der Waals surface area contributed by atoms with Gasteiger partial charge in [-0.25, -0.2) is 0 Å². The molecule has 0 aliphatic carbocycles. The van der Waals surface area contributed by atoms with E-state index in [-0.39, 0.29) is 11.7 Å². The minimum atomic E-state index is -3.14. The fraction of sp³-hybridized carbons (Fsp3) is 0.458. The molecule has 5 heteroatoms. The van der Waals surface area contributed by atoms with E-state index in [1.807, 2.05) is 48.5 Å². The van der Waals surface area contributed by atoms with Crippen LogP contribution in [0.5, 0.6) is 0 Å². The summed E-state index contributed by atoms with van der Waals surface area (Å²) in [5.74, 6) is -0.677. The van der Waals surface area contributed by atoms with Crippen molar-refractivity contribution in [3.8, 4) is 0 Å². The summed E-state index contributed by atoms with van der Waals surface area (Å²) in [6.07, 6.45) is 4.67. The van der Waals surface area contributed by atoms with Gasteiger partial charge >= 0.3 is 0 Å². The predicted octanol–water partition coefficient (Wildman–Crippen LogP) is 6.35. The molecule has 0 N–H and O–H groups in total. The quantitative estimate of drug-likeness (QED) is 0.282. The average molecular weight is 416 g/mol. The maximum absolute atomic E-state index is 13.9. The van der Waals surface area contributed by atoms with Crippen LogP contribution in [0.15, 0.2) is 60.7 Å². The number of rotatable bonds is 13. The fourth-order valence-electron chi connectivity index (χ4n) is 3.61. The third kappa shape index (κ3) is 6.64. The van der Waals surface area contributed by atoms with Gasteiger partial charge in [0.15, 0.2) is 12.9 Å². The largest absolute Gasteiger partial charge is 0.353 e. The van der Waals surface area contributed by atoms with Crippen LogP contribution in [0.3, 0.4) is 0 Å². The molecule has 2 aromatic carbocycles. The molecule has 158 valence electrons. The number of hydrogen-bond donors (Lipinski definition) is 0. The molecule has 0 radical (unpaired) electrons. The summed E-state index contributed by atoms with van der Waals surface area (Å²) in [6.45, 7) is 2.13. The van der Waals surface area contributed by atoms with Crippen molar-refractivity contribution in [2.24, 2.45) is 0 Å². The molecule has 0 bridgehead atoms. The summed E-state index contributed by atoms with van der Waals surface area (Å²) in [6, 6.07) is 18.6. The van der Waals surface area contributed by atoms with Gasteiger partial charge in [-0.3, -0.25) is 4.79 Å². The van der Waals surface area contributed by atoms with E-state index in [4.69, 9.17) is 9.47 Å². The van der Waals surface area contributed by atoms with Gasteiger partial charge in [0.25, 0.3) is 0 Å². The second kappa shape index (κ2) is 11.4. The minimum absolute atomic E-state index is 0.240. The van der Waals surface area contributed by atoms with Crippen LogP contribution in [-0.2, 0) is 20.2 Å². The third-order valence-corrected chi connectivity index (χ3v) is 8.32. The smallest absolute Gasteiger partial charge is 0.221 e. The van der Waals surface area contributed by atoms with E-state index in [1.54, 1.807) is 26.4 Å². The topological polar surface area (TPSA) is 52.6 Å². The van der Waals surface area contributed by atoms with Crippen molar-refractivity contribution >= 4 is 12.7 Å².